The van der Waals surface area contributed by atoms with Gasteiger partial charge in [-0.3, -0.25) is 0 Å². The van der Waals surface area contributed by atoms with Crippen molar-refractivity contribution in [3.63, 3.8) is 0 Å². The number of rotatable bonds is 4. The van der Waals surface area contributed by atoms with Gasteiger partial charge < -0.3 is 10.6 Å². The van der Waals surface area contributed by atoms with E-state index < -0.39 is 0 Å². The molecule has 15 heavy (non-hydrogen) atoms. The second-order valence-electron chi connectivity index (χ2n) is 4.02. The molecule has 1 fully saturated rings. The summed E-state index contributed by atoms with van der Waals surface area (Å²) in [4.78, 5) is 0. The minimum Gasteiger partial charge on any atom is -0.385 e. The van der Waals surface area contributed by atoms with E-state index >= 15 is 0 Å². The van der Waals surface area contributed by atoms with Crippen molar-refractivity contribution >= 4 is 5.69 Å². The van der Waals surface area contributed by atoms with E-state index in [1.807, 2.05) is 6.07 Å². The van der Waals surface area contributed by atoms with Crippen LogP contribution in [0.1, 0.15) is 19.3 Å². The lowest BCUT2D eigenvalue weighted by atomic mass is 10.1. The fourth-order valence-electron chi connectivity index (χ4n) is 1.99. The maximum Gasteiger partial charge on any atom is 0.125 e. The maximum absolute atomic E-state index is 12.8. The fraction of sp³-hybridized carbons (Fsp3) is 0.500. The Morgan fingerprint density at radius 2 is 2.40 bits per heavy atom. The zero-order chi connectivity index (χ0) is 10.5. The molecule has 1 heterocycles. The molecule has 2 N–H and O–H groups in total. The van der Waals surface area contributed by atoms with E-state index in [4.69, 9.17) is 0 Å². The van der Waals surface area contributed by atoms with Crippen LogP contribution in [0.15, 0.2) is 24.3 Å². The summed E-state index contributed by atoms with van der Waals surface area (Å²) in [5, 5.41) is 6.67. The van der Waals surface area contributed by atoms with Crippen molar-refractivity contribution in [2.24, 2.45) is 0 Å². The molecular weight excluding hydrogens is 191 g/mol. The van der Waals surface area contributed by atoms with Crippen molar-refractivity contribution in [3.8, 4) is 0 Å². The van der Waals surface area contributed by atoms with Crippen LogP contribution in [-0.4, -0.2) is 19.1 Å². The maximum atomic E-state index is 12.8. The molecule has 0 spiro atoms. The zero-order valence-corrected chi connectivity index (χ0v) is 8.80. The molecule has 1 unspecified atom stereocenters. The van der Waals surface area contributed by atoms with Crippen LogP contribution in [-0.2, 0) is 0 Å². The van der Waals surface area contributed by atoms with Crippen LogP contribution in [0.5, 0.6) is 0 Å². The summed E-state index contributed by atoms with van der Waals surface area (Å²) in [6, 6.07) is 7.26. The van der Waals surface area contributed by atoms with Gasteiger partial charge in [0.2, 0.25) is 0 Å². The van der Waals surface area contributed by atoms with Crippen LogP contribution < -0.4 is 10.6 Å². The van der Waals surface area contributed by atoms with E-state index in [0.717, 1.165) is 25.2 Å². The van der Waals surface area contributed by atoms with Crippen molar-refractivity contribution in [2.75, 3.05) is 18.4 Å². The fourth-order valence-corrected chi connectivity index (χ4v) is 1.99. The molecule has 0 aromatic heterocycles. The molecule has 82 valence electrons. The number of anilines is 1. The molecule has 2 rings (SSSR count). The standard InChI is InChI=1S/C12H17FN2/c13-10-3-1-4-12(9-10)15-8-6-11-5-2-7-14-11/h1,3-4,9,11,14-15H,2,5-8H2. The van der Waals surface area contributed by atoms with Crippen LogP contribution >= 0.6 is 0 Å². The summed E-state index contributed by atoms with van der Waals surface area (Å²) < 4.78 is 12.8. The number of hydrogen-bond acceptors (Lipinski definition) is 2. The summed E-state index contributed by atoms with van der Waals surface area (Å²) in [5.74, 6) is -0.181. The summed E-state index contributed by atoms with van der Waals surface area (Å²) in [5.41, 5.74) is 0.869. The predicted molar refractivity (Wildman–Crippen MR) is 60.5 cm³/mol. The second kappa shape index (κ2) is 5.12. The van der Waals surface area contributed by atoms with Gasteiger partial charge in [-0.1, -0.05) is 6.07 Å². The Hall–Kier alpha value is -1.09. The van der Waals surface area contributed by atoms with Gasteiger partial charge in [-0.15, -0.1) is 0 Å². The van der Waals surface area contributed by atoms with E-state index in [2.05, 4.69) is 10.6 Å². The van der Waals surface area contributed by atoms with E-state index in [0.29, 0.717) is 6.04 Å². The number of benzene rings is 1. The lowest BCUT2D eigenvalue weighted by Crippen LogP contribution is -2.24. The Kier molecular flexibility index (Phi) is 3.56. The first-order valence-corrected chi connectivity index (χ1v) is 5.57. The largest absolute Gasteiger partial charge is 0.385 e. The third-order valence-corrected chi connectivity index (χ3v) is 2.81. The van der Waals surface area contributed by atoms with Gasteiger partial charge in [0, 0.05) is 18.3 Å². The smallest absolute Gasteiger partial charge is 0.125 e. The van der Waals surface area contributed by atoms with Crippen molar-refractivity contribution in [1.29, 1.82) is 0 Å². The Morgan fingerprint density at radius 1 is 1.47 bits per heavy atom. The van der Waals surface area contributed by atoms with E-state index in [1.54, 1.807) is 6.07 Å². The van der Waals surface area contributed by atoms with Crippen molar-refractivity contribution in [3.05, 3.63) is 30.1 Å². The van der Waals surface area contributed by atoms with Gasteiger partial charge >= 0.3 is 0 Å². The van der Waals surface area contributed by atoms with E-state index in [1.165, 1.54) is 25.0 Å². The minimum absolute atomic E-state index is 0.181. The van der Waals surface area contributed by atoms with Gasteiger partial charge in [0.15, 0.2) is 0 Å². The summed E-state index contributed by atoms with van der Waals surface area (Å²) in [6.45, 7) is 2.05. The minimum atomic E-state index is -0.181. The average molecular weight is 208 g/mol. The molecule has 1 aliphatic rings. The molecule has 0 saturated carbocycles. The Bertz CT molecular complexity index is 308. The second-order valence-corrected chi connectivity index (χ2v) is 4.02. The molecule has 0 bridgehead atoms. The molecular formula is C12H17FN2. The summed E-state index contributed by atoms with van der Waals surface area (Å²) in [6.07, 6.45) is 3.66. The monoisotopic (exact) mass is 208 g/mol. The molecule has 0 aliphatic carbocycles. The normalized spacial score (nSPS) is 20.5. The van der Waals surface area contributed by atoms with E-state index in [-0.39, 0.29) is 5.82 Å². The number of hydrogen-bond donors (Lipinski definition) is 2. The molecule has 1 saturated heterocycles. The van der Waals surface area contributed by atoms with Gasteiger partial charge in [0.05, 0.1) is 0 Å². The molecule has 2 nitrogen and oxygen atoms in total. The third-order valence-electron chi connectivity index (χ3n) is 2.81. The number of nitrogens with one attached hydrogen (secondary N) is 2. The first-order valence-electron chi connectivity index (χ1n) is 5.57. The Labute approximate surface area is 89.9 Å². The van der Waals surface area contributed by atoms with Gasteiger partial charge in [-0.05, 0) is 44.0 Å². The molecule has 0 amide bonds. The van der Waals surface area contributed by atoms with Crippen LogP contribution in [0, 0.1) is 5.82 Å². The van der Waals surface area contributed by atoms with Crippen LogP contribution in [0.2, 0.25) is 0 Å². The molecule has 1 aliphatic heterocycles. The van der Waals surface area contributed by atoms with Crippen molar-refractivity contribution < 1.29 is 4.39 Å². The van der Waals surface area contributed by atoms with Crippen molar-refractivity contribution in [2.45, 2.75) is 25.3 Å². The highest BCUT2D eigenvalue weighted by atomic mass is 19.1. The highest BCUT2D eigenvalue weighted by Crippen LogP contribution is 2.11. The van der Waals surface area contributed by atoms with Crippen molar-refractivity contribution in [1.82, 2.24) is 5.32 Å². The third kappa shape index (κ3) is 3.20. The molecule has 1 atom stereocenters. The summed E-state index contributed by atoms with van der Waals surface area (Å²) >= 11 is 0. The number of halogens is 1. The molecule has 1 aromatic carbocycles. The van der Waals surface area contributed by atoms with Gasteiger partial charge in [-0.25, -0.2) is 4.39 Å². The first kappa shape index (κ1) is 10.4. The molecule has 3 heteroatoms. The zero-order valence-electron chi connectivity index (χ0n) is 8.80. The van der Waals surface area contributed by atoms with Crippen LogP contribution in [0.3, 0.4) is 0 Å². The molecule has 0 radical (unpaired) electrons. The Balaban J connectivity index is 1.73. The lowest BCUT2D eigenvalue weighted by molar-refractivity contribution is 0.574. The average Bonchev–Trinajstić information content (AvgIpc) is 2.71. The highest BCUT2D eigenvalue weighted by Gasteiger charge is 2.12. The molecule has 1 aromatic rings. The predicted octanol–water partition coefficient (Wildman–Crippen LogP) is 2.38. The topological polar surface area (TPSA) is 24.1 Å². The van der Waals surface area contributed by atoms with Crippen LogP contribution in [0.4, 0.5) is 10.1 Å². The summed E-state index contributed by atoms with van der Waals surface area (Å²) in [7, 11) is 0. The van der Waals surface area contributed by atoms with E-state index in [9.17, 15) is 4.39 Å². The Morgan fingerprint density at radius 3 is 3.13 bits per heavy atom. The van der Waals surface area contributed by atoms with Gasteiger partial charge in [-0.2, -0.15) is 0 Å². The van der Waals surface area contributed by atoms with Crippen LogP contribution in [0.25, 0.3) is 0 Å². The first-order chi connectivity index (χ1) is 7.34. The van der Waals surface area contributed by atoms with Gasteiger partial charge in [0.25, 0.3) is 0 Å². The highest BCUT2D eigenvalue weighted by molar-refractivity contribution is 5.42. The SMILES string of the molecule is Fc1cccc(NCCC2CCCN2)c1. The van der Waals surface area contributed by atoms with Gasteiger partial charge in [0.1, 0.15) is 5.82 Å². The quantitative estimate of drug-likeness (QED) is 0.793. The lowest BCUT2D eigenvalue weighted by Gasteiger charge is -2.11.